The molecule has 0 fully saturated rings. The highest BCUT2D eigenvalue weighted by molar-refractivity contribution is 7.48. The maximum atomic E-state index is 13.3. The van der Waals surface area contributed by atoms with E-state index in [4.69, 9.17) is 34.6 Å². The molecule has 0 spiro atoms. The van der Waals surface area contributed by atoms with E-state index in [2.05, 4.69) is 0 Å². The standard InChI is InChI=1S/C30H31ClNO8P/c1-4-37-41(35,38-5-2)39-17-16-21-6-12-25(13-7-21)40-29(33)18-23-20-32(28-15-14-26(36-3)19-27(23)28)30(34)22-8-10-24(31)11-9-22/h6-15,19-20H,4-5,16-18H2,1-3H3. The van der Waals surface area contributed by atoms with Crippen LogP contribution in [0.15, 0.2) is 72.9 Å². The number of phosphoric ester groups is 1. The average Bonchev–Trinajstić information content (AvgIpc) is 3.31. The molecule has 4 aromatic rings. The quantitative estimate of drug-likeness (QED) is 0.0931. The van der Waals surface area contributed by atoms with Crippen LogP contribution < -0.4 is 9.47 Å². The van der Waals surface area contributed by atoms with E-state index in [-0.39, 0.29) is 32.1 Å². The van der Waals surface area contributed by atoms with Gasteiger partial charge in [-0.1, -0.05) is 23.7 Å². The molecule has 0 atom stereocenters. The molecule has 9 nitrogen and oxygen atoms in total. The van der Waals surface area contributed by atoms with Gasteiger partial charge in [0.05, 0.1) is 38.9 Å². The van der Waals surface area contributed by atoms with E-state index < -0.39 is 13.8 Å². The predicted molar refractivity (Wildman–Crippen MR) is 156 cm³/mol. The van der Waals surface area contributed by atoms with Gasteiger partial charge in [-0.2, -0.15) is 0 Å². The summed E-state index contributed by atoms with van der Waals surface area (Å²) in [6.45, 7) is 3.99. The molecule has 3 aromatic carbocycles. The highest BCUT2D eigenvalue weighted by atomic mass is 35.5. The lowest BCUT2D eigenvalue weighted by Gasteiger charge is -2.16. The van der Waals surface area contributed by atoms with Crippen LogP contribution in [0, 0.1) is 0 Å². The highest BCUT2D eigenvalue weighted by Crippen LogP contribution is 2.49. The van der Waals surface area contributed by atoms with Gasteiger partial charge < -0.3 is 9.47 Å². The summed E-state index contributed by atoms with van der Waals surface area (Å²) in [6, 6.07) is 18.9. The second-order valence-corrected chi connectivity index (χ2v) is 11.0. The molecule has 1 heterocycles. The molecule has 0 amide bonds. The Morgan fingerprint density at radius 2 is 1.54 bits per heavy atom. The number of fused-ring (bicyclic) bond motifs is 1. The Morgan fingerprint density at radius 3 is 2.17 bits per heavy atom. The number of carbonyl (C=O) groups excluding carboxylic acids is 2. The van der Waals surface area contributed by atoms with Crippen LogP contribution in [0.4, 0.5) is 0 Å². The lowest BCUT2D eigenvalue weighted by molar-refractivity contribution is -0.133. The first-order chi connectivity index (χ1) is 19.7. The van der Waals surface area contributed by atoms with E-state index in [0.717, 1.165) is 5.56 Å². The molecule has 1 aromatic heterocycles. The number of methoxy groups -OCH3 is 1. The van der Waals surface area contributed by atoms with Gasteiger partial charge in [0.2, 0.25) is 0 Å². The maximum Gasteiger partial charge on any atom is 0.474 e. The van der Waals surface area contributed by atoms with Gasteiger partial charge in [-0.05, 0) is 86.0 Å². The highest BCUT2D eigenvalue weighted by Gasteiger charge is 2.25. The Morgan fingerprint density at radius 1 is 0.878 bits per heavy atom. The fraction of sp³-hybridized carbons (Fsp3) is 0.267. The molecule has 0 saturated carbocycles. The third-order valence-electron chi connectivity index (χ3n) is 6.11. The van der Waals surface area contributed by atoms with Crippen LogP contribution in [0.2, 0.25) is 5.02 Å². The van der Waals surface area contributed by atoms with Gasteiger partial charge in [-0.25, -0.2) is 4.57 Å². The number of benzene rings is 3. The zero-order chi connectivity index (χ0) is 29.4. The summed E-state index contributed by atoms with van der Waals surface area (Å²) in [6.07, 6.45) is 2.04. The molecular weight excluding hydrogens is 569 g/mol. The van der Waals surface area contributed by atoms with Crippen molar-refractivity contribution < 1.29 is 37.2 Å². The van der Waals surface area contributed by atoms with Gasteiger partial charge in [0.25, 0.3) is 5.91 Å². The number of hydrogen-bond acceptors (Lipinski definition) is 8. The SMILES string of the molecule is CCOP(=O)(OCC)OCCc1ccc(OC(=O)Cc2cn(C(=O)c3ccc(Cl)cc3)c3ccc(OC)cc23)cc1. The van der Waals surface area contributed by atoms with Crippen molar-refractivity contribution in [3.05, 3.63) is 94.6 Å². The fourth-order valence-corrected chi connectivity index (χ4v) is 5.49. The molecule has 0 radical (unpaired) electrons. The van der Waals surface area contributed by atoms with Crippen molar-refractivity contribution in [2.75, 3.05) is 26.9 Å². The number of nitrogens with zero attached hydrogens (tertiary/aromatic N) is 1. The molecule has 4 rings (SSSR count). The molecule has 0 N–H and O–H groups in total. The summed E-state index contributed by atoms with van der Waals surface area (Å²) in [4.78, 5) is 26.2. The van der Waals surface area contributed by atoms with E-state index in [1.165, 1.54) is 4.57 Å². The first-order valence-corrected chi connectivity index (χ1v) is 14.9. The number of rotatable bonds is 13. The van der Waals surface area contributed by atoms with Crippen LogP contribution in [-0.2, 0) is 35.8 Å². The van der Waals surface area contributed by atoms with E-state index in [9.17, 15) is 14.2 Å². The van der Waals surface area contributed by atoms with Crippen molar-refractivity contribution in [3.63, 3.8) is 0 Å². The van der Waals surface area contributed by atoms with Gasteiger partial charge in [-0.15, -0.1) is 0 Å². The lowest BCUT2D eigenvalue weighted by atomic mass is 10.1. The van der Waals surface area contributed by atoms with Gasteiger partial charge in [0, 0.05) is 22.2 Å². The number of esters is 1. The van der Waals surface area contributed by atoms with Crippen molar-refractivity contribution in [2.45, 2.75) is 26.7 Å². The molecular formula is C30H31ClNO8P. The molecule has 216 valence electrons. The van der Waals surface area contributed by atoms with Crippen molar-refractivity contribution in [1.82, 2.24) is 4.57 Å². The Balaban J connectivity index is 1.44. The molecule has 0 unspecified atom stereocenters. The maximum absolute atomic E-state index is 13.3. The number of aromatic nitrogens is 1. The Hall–Kier alpha value is -3.46. The molecule has 41 heavy (non-hydrogen) atoms. The topological polar surface area (TPSA) is 102 Å². The number of halogens is 1. The Bertz CT molecular complexity index is 1540. The summed E-state index contributed by atoms with van der Waals surface area (Å²) >= 11 is 5.98. The minimum absolute atomic E-state index is 0.0652. The third-order valence-corrected chi connectivity index (χ3v) is 8.01. The zero-order valence-corrected chi connectivity index (χ0v) is 24.7. The summed E-state index contributed by atoms with van der Waals surface area (Å²) < 4.78 is 40.5. The normalized spacial score (nSPS) is 11.5. The van der Waals surface area contributed by atoms with Gasteiger partial charge >= 0.3 is 13.8 Å². The van der Waals surface area contributed by atoms with Crippen molar-refractivity contribution in [3.8, 4) is 11.5 Å². The zero-order valence-electron chi connectivity index (χ0n) is 23.0. The molecule has 0 aliphatic rings. The summed E-state index contributed by atoms with van der Waals surface area (Å²) in [5.74, 6) is 0.223. The molecule has 0 saturated heterocycles. The first-order valence-electron chi connectivity index (χ1n) is 13.1. The summed E-state index contributed by atoms with van der Waals surface area (Å²) in [5, 5.41) is 1.23. The largest absolute Gasteiger partial charge is 0.497 e. The second-order valence-electron chi connectivity index (χ2n) is 8.88. The van der Waals surface area contributed by atoms with Crippen LogP contribution in [0.25, 0.3) is 10.9 Å². The van der Waals surface area contributed by atoms with Crippen LogP contribution in [-0.4, -0.2) is 43.4 Å². The molecule has 0 bridgehead atoms. The number of phosphoric acid groups is 1. The Labute approximate surface area is 243 Å². The molecule has 11 heteroatoms. The minimum atomic E-state index is -3.57. The van der Waals surface area contributed by atoms with E-state index in [1.807, 2.05) is 0 Å². The van der Waals surface area contributed by atoms with Crippen molar-refractivity contribution >= 4 is 42.2 Å². The molecule has 0 aliphatic carbocycles. The van der Waals surface area contributed by atoms with Crippen molar-refractivity contribution in [2.24, 2.45) is 0 Å². The van der Waals surface area contributed by atoms with Gasteiger partial charge in [0.1, 0.15) is 11.5 Å². The summed E-state index contributed by atoms with van der Waals surface area (Å²) in [5.41, 5.74) is 2.60. The monoisotopic (exact) mass is 599 g/mol. The number of hydrogen-bond donors (Lipinski definition) is 0. The Kier molecular flexibility index (Phi) is 10.4. The minimum Gasteiger partial charge on any atom is -0.497 e. The van der Waals surface area contributed by atoms with Crippen LogP contribution in [0.3, 0.4) is 0 Å². The smallest absolute Gasteiger partial charge is 0.474 e. The van der Waals surface area contributed by atoms with Crippen LogP contribution in [0.1, 0.15) is 35.3 Å². The predicted octanol–water partition coefficient (Wildman–Crippen LogP) is 6.88. The van der Waals surface area contributed by atoms with Crippen LogP contribution in [0.5, 0.6) is 11.5 Å². The number of carbonyl (C=O) groups is 2. The van der Waals surface area contributed by atoms with E-state index >= 15 is 0 Å². The second kappa shape index (κ2) is 13.9. The average molecular weight is 600 g/mol. The van der Waals surface area contributed by atoms with Gasteiger partial charge in [-0.3, -0.25) is 27.7 Å². The lowest BCUT2D eigenvalue weighted by Crippen LogP contribution is -2.12. The van der Waals surface area contributed by atoms with E-state index in [1.54, 1.807) is 93.9 Å². The van der Waals surface area contributed by atoms with Crippen LogP contribution >= 0.6 is 19.4 Å². The third kappa shape index (κ3) is 7.85. The van der Waals surface area contributed by atoms with E-state index in [0.29, 0.717) is 45.0 Å². The van der Waals surface area contributed by atoms with Gasteiger partial charge in [0.15, 0.2) is 0 Å². The number of ether oxygens (including phenoxy) is 2. The fourth-order valence-electron chi connectivity index (χ4n) is 4.20. The molecule has 0 aliphatic heterocycles. The first kappa shape index (κ1) is 30.5. The summed E-state index contributed by atoms with van der Waals surface area (Å²) in [7, 11) is -2.02. The van der Waals surface area contributed by atoms with Crippen molar-refractivity contribution in [1.29, 1.82) is 0 Å².